The van der Waals surface area contributed by atoms with Crippen molar-refractivity contribution < 1.29 is 9.84 Å². The van der Waals surface area contributed by atoms with Gasteiger partial charge in [0, 0.05) is 6.54 Å². The van der Waals surface area contributed by atoms with Crippen LogP contribution >= 0.6 is 12.4 Å². The van der Waals surface area contributed by atoms with E-state index in [9.17, 15) is 5.11 Å². The number of nitrogens with one attached hydrogen (secondary N) is 1. The van der Waals surface area contributed by atoms with Gasteiger partial charge in [-0.3, -0.25) is 0 Å². The third kappa shape index (κ3) is 3.18. The minimum Gasteiger partial charge on any atom is -0.387 e. The van der Waals surface area contributed by atoms with Crippen LogP contribution in [0.2, 0.25) is 0 Å². The van der Waals surface area contributed by atoms with Crippen molar-refractivity contribution in [2.24, 2.45) is 0 Å². The van der Waals surface area contributed by atoms with Gasteiger partial charge in [-0.1, -0.05) is 30.3 Å². The zero-order chi connectivity index (χ0) is 9.80. The summed E-state index contributed by atoms with van der Waals surface area (Å²) in [6.45, 7) is 2.13. The molecule has 1 aliphatic rings. The summed E-state index contributed by atoms with van der Waals surface area (Å²) in [5.74, 6) is 0. The maximum atomic E-state index is 10.0. The molecule has 3 nitrogen and oxygen atoms in total. The Morgan fingerprint density at radius 3 is 2.67 bits per heavy atom. The molecule has 0 spiro atoms. The highest BCUT2D eigenvalue weighted by atomic mass is 35.5. The number of hydrogen-bond donors (Lipinski definition) is 2. The van der Waals surface area contributed by atoms with Gasteiger partial charge in [0.15, 0.2) is 0 Å². The molecule has 1 aliphatic heterocycles. The molecule has 0 unspecified atom stereocenters. The number of morpholine rings is 1. The smallest absolute Gasteiger partial charge is 0.0965 e. The first-order valence-electron chi connectivity index (χ1n) is 4.92. The highest BCUT2D eigenvalue weighted by molar-refractivity contribution is 5.85. The third-order valence-corrected chi connectivity index (χ3v) is 2.47. The number of rotatable bonds is 2. The van der Waals surface area contributed by atoms with E-state index in [1.165, 1.54) is 0 Å². The Kier molecular flexibility index (Phi) is 5.05. The molecule has 2 rings (SSSR count). The molecule has 15 heavy (non-hydrogen) atoms. The van der Waals surface area contributed by atoms with Crippen molar-refractivity contribution in [2.45, 2.75) is 12.1 Å². The van der Waals surface area contributed by atoms with E-state index in [-0.39, 0.29) is 18.4 Å². The van der Waals surface area contributed by atoms with Gasteiger partial charge in [-0.25, -0.2) is 0 Å². The first kappa shape index (κ1) is 12.5. The van der Waals surface area contributed by atoms with Gasteiger partial charge in [-0.2, -0.15) is 0 Å². The molecule has 0 bridgehead atoms. The molecule has 0 radical (unpaired) electrons. The largest absolute Gasteiger partial charge is 0.387 e. The van der Waals surface area contributed by atoms with Crippen LogP contribution in [0.5, 0.6) is 0 Å². The molecule has 1 saturated heterocycles. The van der Waals surface area contributed by atoms with E-state index >= 15 is 0 Å². The summed E-state index contributed by atoms with van der Waals surface area (Å²) in [6.07, 6.45) is -0.475. The Balaban J connectivity index is 0.00000112. The first-order valence-corrected chi connectivity index (χ1v) is 4.92. The Labute approximate surface area is 95.9 Å². The van der Waals surface area contributed by atoms with E-state index in [1.54, 1.807) is 0 Å². The molecule has 0 amide bonds. The van der Waals surface area contributed by atoms with Crippen molar-refractivity contribution in [3.8, 4) is 0 Å². The zero-order valence-electron chi connectivity index (χ0n) is 8.43. The summed E-state index contributed by atoms with van der Waals surface area (Å²) in [5, 5.41) is 13.2. The van der Waals surface area contributed by atoms with Gasteiger partial charge >= 0.3 is 0 Å². The highest BCUT2D eigenvalue weighted by Gasteiger charge is 2.22. The fourth-order valence-electron chi connectivity index (χ4n) is 1.67. The molecule has 4 heteroatoms. The van der Waals surface area contributed by atoms with Gasteiger partial charge in [0.05, 0.1) is 25.4 Å². The number of aliphatic hydroxyl groups is 1. The number of hydrogen-bond acceptors (Lipinski definition) is 3. The molecule has 2 N–H and O–H groups in total. The maximum absolute atomic E-state index is 10.0. The molecule has 1 fully saturated rings. The number of benzene rings is 1. The fraction of sp³-hybridized carbons (Fsp3) is 0.455. The second kappa shape index (κ2) is 6.08. The lowest BCUT2D eigenvalue weighted by molar-refractivity contribution is 0.0177. The van der Waals surface area contributed by atoms with Crippen LogP contribution in [0.15, 0.2) is 30.3 Å². The summed E-state index contributed by atoms with van der Waals surface area (Å²) in [4.78, 5) is 0. The quantitative estimate of drug-likeness (QED) is 0.799. The monoisotopic (exact) mass is 229 g/mol. The summed E-state index contributed by atoms with van der Waals surface area (Å²) < 4.78 is 5.30. The van der Waals surface area contributed by atoms with Gasteiger partial charge in [0.1, 0.15) is 0 Å². The second-order valence-corrected chi connectivity index (χ2v) is 3.49. The molecule has 1 heterocycles. The van der Waals surface area contributed by atoms with E-state index in [2.05, 4.69) is 5.32 Å². The minimum atomic E-state index is -0.475. The van der Waals surface area contributed by atoms with Crippen molar-refractivity contribution in [3.05, 3.63) is 35.9 Å². The lowest BCUT2D eigenvalue weighted by Gasteiger charge is -2.28. The zero-order valence-corrected chi connectivity index (χ0v) is 9.24. The SMILES string of the molecule is Cl.O[C@@H](c1ccccc1)[C@H]1COCCN1. The molecule has 0 aromatic heterocycles. The van der Waals surface area contributed by atoms with Crippen LogP contribution in [-0.2, 0) is 4.74 Å². The van der Waals surface area contributed by atoms with Crippen LogP contribution in [0.25, 0.3) is 0 Å². The van der Waals surface area contributed by atoms with Crippen LogP contribution in [-0.4, -0.2) is 30.9 Å². The van der Waals surface area contributed by atoms with Crippen molar-refractivity contribution >= 4 is 12.4 Å². The van der Waals surface area contributed by atoms with E-state index in [4.69, 9.17) is 4.74 Å². The van der Waals surface area contributed by atoms with Crippen LogP contribution in [0.4, 0.5) is 0 Å². The Bertz CT molecular complexity index is 275. The molecule has 0 saturated carbocycles. The van der Waals surface area contributed by atoms with Gasteiger partial charge in [-0.15, -0.1) is 12.4 Å². The molecule has 84 valence electrons. The summed E-state index contributed by atoms with van der Waals surface area (Å²) in [6, 6.07) is 9.69. The number of halogens is 1. The predicted octanol–water partition coefficient (Wildman–Crippen LogP) is 1.13. The average Bonchev–Trinajstić information content (AvgIpc) is 2.30. The van der Waals surface area contributed by atoms with Gasteiger partial charge in [0.2, 0.25) is 0 Å². The number of ether oxygens (including phenoxy) is 1. The normalized spacial score (nSPS) is 22.9. The van der Waals surface area contributed by atoms with Crippen LogP contribution in [0, 0.1) is 0 Å². The van der Waals surface area contributed by atoms with E-state index in [1.807, 2.05) is 30.3 Å². The lowest BCUT2D eigenvalue weighted by atomic mass is 10.0. The highest BCUT2D eigenvalue weighted by Crippen LogP contribution is 2.17. The first-order chi connectivity index (χ1) is 6.88. The summed E-state index contributed by atoms with van der Waals surface area (Å²) in [7, 11) is 0. The van der Waals surface area contributed by atoms with Crippen molar-refractivity contribution in [3.63, 3.8) is 0 Å². The van der Waals surface area contributed by atoms with Crippen LogP contribution in [0.1, 0.15) is 11.7 Å². The molecular weight excluding hydrogens is 214 g/mol. The third-order valence-electron chi connectivity index (χ3n) is 2.47. The average molecular weight is 230 g/mol. The summed E-state index contributed by atoms with van der Waals surface area (Å²) >= 11 is 0. The van der Waals surface area contributed by atoms with Gasteiger partial charge in [0.25, 0.3) is 0 Å². The molecule has 2 atom stereocenters. The molecule has 1 aromatic rings. The fourth-order valence-corrected chi connectivity index (χ4v) is 1.67. The maximum Gasteiger partial charge on any atom is 0.0965 e. The Morgan fingerprint density at radius 1 is 1.33 bits per heavy atom. The van der Waals surface area contributed by atoms with Crippen LogP contribution < -0.4 is 5.32 Å². The standard InChI is InChI=1S/C11H15NO2.ClH/c13-11(9-4-2-1-3-5-9)10-8-14-7-6-12-10;/h1-5,10-13H,6-8H2;1H/t10-,11+;/m1./s1. The van der Waals surface area contributed by atoms with E-state index < -0.39 is 6.10 Å². The molecule has 1 aromatic carbocycles. The van der Waals surface area contributed by atoms with Crippen molar-refractivity contribution in [1.82, 2.24) is 5.32 Å². The lowest BCUT2D eigenvalue weighted by Crippen LogP contribution is -2.45. The number of aliphatic hydroxyl groups excluding tert-OH is 1. The topological polar surface area (TPSA) is 41.5 Å². The second-order valence-electron chi connectivity index (χ2n) is 3.49. The van der Waals surface area contributed by atoms with Gasteiger partial charge in [-0.05, 0) is 5.56 Å². The van der Waals surface area contributed by atoms with E-state index in [0.29, 0.717) is 6.61 Å². The van der Waals surface area contributed by atoms with Crippen molar-refractivity contribution in [2.75, 3.05) is 19.8 Å². The van der Waals surface area contributed by atoms with E-state index in [0.717, 1.165) is 18.7 Å². The molecular formula is C11H16ClNO2. The van der Waals surface area contributed by atoms with Gasteiger partial charge < -0.3 is 15.2 Å². The molecule has 0 aliphatic carbocycles. The minimum absolute atomic E-state index is 0. The van der Waals surface area contributed by atoms with Crippen molar-refractivity contribution in [1.29, 1.82) is 0 Å². The summed E-state index contributed by atoms with van der Waals surface area (Å²) in [5.41, 5.74) is 0.940. The Hall–Kier alpha value is -0.610. The van der Waals surface area contributed by atoms with Crippen LogP contribution in [0.3, 0.4) is 0 Å². The Morgan fingerprint density at radius 2 is 2.07 bits per heavy atom. The predicted molar refractivity (Wildman–Crippen MR) is 61.3 cm³/mol.